The van der Waals surface area contributed by atoms with Gasteiger partial charge in [-0.25, -0.2) is 13.1 Å². The lowest BCUT2D eigenvalue weighted by molar-refractivity contribution is -0.118. The van der Waals surface area contributed by atoms with Crippen LogP contribution in [0.1, 0.15) is 40.0 Å². The van der Waals surface area contributed by atoms with E-state index in [0.29, 0.717) is 12.2 Å². The maximum absolute atomic E-state index is 12.7. The van der Waals surface area contributed by atoms with Gasteiger partial charge in [0.1, 0.15) is 0 Å². The number of thioether (sulfide) groups is 1. The second-order valence-electron chi connectivity index (χ2n) is 7.81. The molecule has 1 aromatic rings. The minimum atomic E-state index is -3.61. The lowest BCUT2D eigenvalue weighted by Gasteiger charge is -2.30. The van der Waals surface area contributed by atoms with E-state index in [9.17, 15) is 13.2 Å². The Bertz CT molecular complexity index is 766. The van der Waals surface area contributed by atoms with Crippen molar-refractivity contribution in [3.8, 4) is 0 Å². The van der Waals surface area contributed by atoms with E-state index in [1.54, 1.807) is 32.0 Å². The van der Waals surface area contributed by atoms with Crippen LogP contribution in [-0.2, 0) is 14.8 Å². The summed E-state index contributed by atoms with van der Waals surface area (Å²) in [7, 11) is -3.61. The van der Waals surface area contributed by atoms with Crippen LogP contribution in [-0.4, -0.2) is 51.7 Å². The van der Waals surface area contributed by atoms with E-state index in [2.05, 4.69) is 21.9 Å². The first kappa shape index (κ1) is 23.2. The fourth-order valence-electron chi connectivity index (χ4n) is 3.31. The van der Waals surface area contributed by atoms with Gasteiger partial charge in [-0.2, -0.15) is 0 Å². The maximum Gasteiger partial charge on any atom is 0.240 e. The van der Waals surface area contributed by atoms with Gasteiger partial charge in [-0.3, -0.25) is 4.79 Å². The third kappa shape index (κ3) is 6.76. The van der Waals surface area contributed by atoms with Gasteiger partial charge in [0.25, 0.3) is 0 Å². The number of nitrogens with zero attached hydrogens (tertiary/aromatic N) is 1. The third-order valence-corrected chi connectivity index (χ3v) is 7.20. The molecule has 1 aliphatic rings. The molecule has 0 spiro atoms. The summed E-state index contributed by atoms with van der Waals surface area (Å²) in [6, 6.07) is 4.87. The number of carbonyl (C=O) groups is 1. The molecular weight excluding hydrogens is 394 g/mol. The predicted molar refractivity (Wildman–Crippen MR) is 116 cm³/mol. The van der Waals surface area contributed by atoms with Gasteiger partial charge in [-0.05, 0) is 62.7 Å². The number of rotatable bonds is 9. The SMILES string of the molecule is CSc1ccc(S(=O)(=O)NCCCN2CCC[C@H](C)C2)cc1NC(=O)C(C)C. The summed E-state index contributed by atoms with van der Waals surface area (Å²) in [5.41, 5.74) is 0.538. The molecule has 0 unspecified atom stereocenters. The van der Waals surface area contributed by atoms with Crippen LogP contribution in [0.4, 0.5) is 5.69 Å². The lowest BCUT2D eigenvalue weighted by Crippen LogP contribution is -2.36. The van der Waals surface area contributed by atoms with Crippen molar-refractivity contribution in [3.05, 3.63) is 18.2 Å². The topological polar surface area (TPSA) is 78.5 Å². The smallest absolute Gasteiger partial charge is 0.240 e. The first-order chi connectivity index (χ1) is 13.2. The second kappa shape index (κ2) is 10.6. The molecule has 2 N–H and O–H groups in total. The Morgan fingerprint density at radius 2 is 2.11 bits per heavy atom. The van der Waals surface area contributed by atoms with Gasteiger partial charge in [-0.1, -0.05) is 20.8 Å². The monoisotopic (exact) mass is 427 g/mol. The fourth-order valence-corrected chi connectivity index (χ4v) is 4.95. The van der Waals surface area contributed by atoms with Gasteiger partial charge in [0, 0.05) is 23.9 Å². The van der Waals surface area contributed by atoms with Crippen LogP contribution in [0.2, 0.25) is 0 Å². The standard InChI is InChI=1S/C20H33N3O3S2/c1-15(2)20(24)22-18-13-17(8-9-19(18)27-4)28(25,26)21-10-6-12-23-11-5-7-16(3)14-23/h8-9,13,15-16,21H,5-7,10-12,14H2,1-4H3,(H,22,24)/t16-/m0/s1. The molecule has 1 amide bonds. The molecule has 28 heavy (non-hydrogen) atoms. The Morgan fingerprint density at radius 3 is 2.75 bits per heavy atom. The molecular formula is C20H33N3O3S2. The minimum absolute atomic E-state index is 0.131. The van der Waals surface area contributed by atoms with Gasteiger partial charge in [0.2, 0.25) is 15.9 Å². The lowest BCUT2D eigenvalue weighted by atomic mass is 10.0. The van der Waals surface area contributed by atoms with Crippen molar-refractivity contribution in [1.82, 2.24) is 9.62 Å². The summed E-state index contributed by atoms with van der Waals surface area (Å²) in [6.07, 6.45) is 5.18. The number of amides is 1. The molecule has 0 aliphatic carbocycles. The Hall–Kier alpha value is -1.09. The number of piperidine rings is 1. The molecule has 8 heteroatoms. The maximum atomic E-state index is 12.7. The highest BCUT2D eigenvalue weighted by molar-refractivity contribution is 7.98. The van der Waals surface area contributed by atoms with E-state index in [-0.39, 0.29) is 16.7 Å². The molecule has 1 heterocycles. The van der Waals surface area contributed by atoms with Gasteiger partial charge < -0.3 is 10.2 Å². The Kier molecular flexibility index (Phi) is 8.80. The van der Waals surface area contributed by atoms with E-state index >= 15 is 0 Å². The average molecular weight is 428 g/mol. The molecule has 0 saturated carbocycles. The van der Waals surface area contributed by atoms with Crippen LogP contribution in [0.3, 0.4) is 0 Å². The van der Waals surface area contributed by atoms with E-state index in [1.807, 2.05) is 6.26 Å². The minimum Gasteiger partial charge on any atom is -0.325 e. The molecule has 1 atom stereocenters. The molecule has 1 aromatic carbocycles. The summed E-state index contributed by atoms with van der Waals surface area (Å²) in [4.78, 5) is 15.5. The highest BCUT2D eigenvalue weighted by Crippen LogP contribution is 2.28. The van der Waals surface area contributed by atoms with Crippen LogP contribution < -0.4 is 10.0 Å². The van der Waals surface area contributed by atoms with Gasteiger partial charge >= 0.3 is 0 Å². The number of hydrogen-bond donors (Lipinski definition) is 2. The molecule has 0 aromatic heterocycles. The number of anilines is 1. The van der Waals surface area contributed by atoms with Gasteiger partial charge in [-0.15, -0.1) is 11.8 Å². The summed E-state index contributed by atoms with van der Waals surface area (Å²) >= 11 is 1.47. The number of carbonyl (C=O) groups excluding carboxylic acids is 1. The van der Waals surface area contributed by atoms with Crippen molar-refractivity contribution >= 4 is 33.4 Å². The molecule has 1 aliphatic heterocycles. The van der Waals surface area contributed by atoms with E-state index in [0.717, 1.165) is 36.9 Å². The van der Waals surface area contributed by atoms with Crippen molar-refractivity contribution in [2.75, 3.05) is 37.8 Å². The van der Waals surface area contributed by atoms with E-state index in [1.165, 1.54) is 24.6 Å². The zero-order valence-corrected chi connectivity index (χ0v) is 19.0. The second-order valence-corrected chi connectivity index (χ2v) is 10.4. The molecule has 0 radical (unpaired) electrons. The van der Waals surface area contributed by atoms with Crippen LogP contribution in [0.25, 0.3) is 0 Å². The molecule has 1 fully saturated rings. The third-order valence-electron chi connectivity index (χ3n) is 4.95. The highest BCUT2D eigenvalue weighted by atomic mass is 32.2. The summed E-state index contributed by atoms with van der Waals surface area (Å²) in [5, 5.41) is 2.83. The van der Waals surface area contributed by atoms with E-state index < -0.39 is 10.0 Å². The van der Waals surface area contributed by atoms with Crippen LogP contribution in [0.5, 0.6) is 0 Å². The number of sulfonamides is 1. The summed E-state index contributed by atoms with van der Waals surface area (Å²) in [5.74, 6) is 0.416. The number of nitrogens with one attached hydrogen (secondary N) is 2. The predicted octanol–water partition coefficient (Wildman–Crippen LogP) is 3.40. The Morgan fingerprint density at radius 1 is 1.36 bits per heavy atom. The normalized spacial score (nSPS) is 18.4. The number of hydrogen-bond acceptors (Lipinski definition) is 5. The number of likely N-dealkylation sites (tertiary alicyclic amines) is 1. The van der Waals surface area contributed by atoms with Gasteiger partial charge in [0.05, 0.1) is 10.6 Å². The molecule has 158 valence electrons. The highest BCUT2D eigenvalue weighted by Gasteiger charge is 2.19. The quantitative estimate of drug-likeness (QED) is 0.466. The Labute approximate surface area is 173 Å². The average Bonchev–Trinajstić information content (AvgIpc) is 2.65. The first-order valence-electron chi connectivity index (χ1n) is 9.94. The summed E-state index contributed by atoms with van der Waals surface area (Å²) < 4.78 is 28.0. The van der Waals surface area contributed by atoms with Crippen LogP contribution >= 0.6 is 11.8 Å². The number of benzene rings is 1. The molecule has 0 bridgehead atoms. The van der Waals surface area contributed by atoms with Crippen LogP contribution in [0, 0.1) is 11.8 Å². The Balaban J connectivity index is 1.97. The first-order valence-corrected chi connectivity index (χ1v) is 12.6. The fraction of sp³-hybridized carbons (Fsp3) is 0.650. The van der Waals surface area contributed by atoms with E-state index in [4.69, 9.17) is 0 Å². The van der Waals surface area contributed by atoms with Crippen molar-refractivity contribution < 1.29 is 13.2 Å². The zero-order chi connectivity index (χ0) is 20.7. The zero-order valence-electron chi connectivity index (χ0n) is 17.3. The van der Waals surface area contributed by atoms with Crippen molar-refractivity contribution in [2.24, 2.45) is 11.8 Å². The van der Waals surface area contributed by atoms with Crippen molar-refractivity contribution in [2.45, 2.75) is 49.8 Å². The molecule has 2 rings (SSSR count). The largest absolute Gasteiger partial charge is 0.325 e. The van der Waals surface area contributed by atoms with Gasteiger partial charge in [0.15, 0.2) is 0 Å². The van der Waals surface area contributed by atoms with Crippen molar-refractivity contribution in [3.63, 3.8) is 0 Å². The summed E-state index contributed by atoms with van der Waals surface area (Å²) in [6.45, 7) is 9.40. The molecule has 1 saturated heterocycles. The molecule has 6 nitrogen and oxygen atoms in total. The van der Waals surface area contributed by atoms with Crippen molar-refractivity contribution in [1.29, 1.82) is 0 Å². The van der Waals surface area contributed by atoms with Crippen LogP contribution in [0.15, 0.2) is 28.0 Å².